The van der Waals surface area contributed by atoms with Crippen molar-refractivity contribution in [2.75, 3.05) is 6.61 Å². The standard InChI is InChI=1S/C16H20FNO4.CH4/c1-16(2,3)9-21-15(20)8-11-7-13(18-22-11)10-4-5-14(19)12(17)6-10;/h4-6,11,19H,7-9H2,1-3H3;1H4. The fraction of sp³-hybridized carbons (Fsp3) is 0.529. The van der Waals surface area contributed by atoms with Crippen LogP contribution in [0.2, 0.25) is 0 Å². The average molecular weight is 325 g/mol. The van der Waals surface area contributed by atoms with Gasteiger partial charge >= 0.3 is 5.97 Å². The van der Waals surface area contributed by atoms with Crippen molar-refractivity contribution >= 4 is 11.7 Å². The van der Waals surface area contributed by atoms with Crippen molar-refractivity contribution in [3.05, 3.63) is 29.6 Å². The van der Waals surface area contributed by atoms with E-state index in [2.05, 4.69) is 5.16 Å². The first kappa shape index (κ1) is 18.9. The summed E-state index contributed by atoms with van der Waals surface area (Å²) in [7, 11) is 0. The number of esters is 1. The molecule has 0 aliphatic carbocycles. The fourth-order valence-corrected chi connectivity index (χ4v) is 1.94. The first-order valence-corrected chi connectivity index (χ1v) is 7.12. The number of nitrogens with zero attached hydrogens (tertiary/aromatic N) is 1. The molecule has 1 heterocycles. The van der Waals surface area contributed by atoms with Crippen LogP contribution in [0.1, 0.15) is 46.6 Å². The van der Waals surface area contributed by atoms with Crippen LogP contribution in [0.25, 0.3) is 0 Å². The van der Waals surface area contributed by atoms with E-state index in [9.17, 15) is 14.3 Å². The van der Waals surface area contributed by atoms with Crippen LogP contribution in [0.15, 0.2) is 23.4 Å². The number of hydrogen-bond donors (Lipinski definition) is 1. The molecule has 1 aliphatic rings. The molecule has 128 valence electrons. The summed E-state index contributed by atoms with van der Waals surface area (Å²) in [6.45, 7) is 6.28. The van der Waals surface area contributed by atoms with Crippen molar-refractivity contribution < 1.29 is 23.9 Å². The van der Waals surface area contributed by atoms with Gasteiger partial charge in [0.1, 0.15) is 6.10 Å². The van der Waals surface area contributed by atoms with E-state index >= 15 is 0 Å². The maximum atomic E-state index is 13.3. The lowest BCUT2D eigenvalue weighted by atomic mass is 9.98. The molecule has 6 heteroatoms. The Hall–Kier alpha value is -2.11. The molecule has 1 aromatic rings. The van der Waals surface area contributed by atoms with Crippen LogP contribution in [-0.2, 0) is 14.4 Å². The monoisotopic (exact) mass is 325 g/mol. The third-order valence-corrected chi connectivity index (χ3v) is 3.07. The Balaban J connectivity index is 0.00000264. The summed E-state index contributed by atoms with van der Waals surface area (Å²) in [6, 6.07) is 4.01. The number of hydrogen-bond acceptors (Lipinski definition) is 5. The molecule has 1 aliphatic heterocycles. The number of phenols is 1. The van der Waals surface area contributed by atoms with Crippen molar-refractivity contribution in [3.63, 3.8) is 0 Å². The van der Waals surface area contributed by atoms with Crippen LogP contribution in [0.3, 0.4) is 0 Å². The van der Waals surface area contributed by atoms with Crippen molar-refractivity contribution in [1.29, 1.82) is 0 Å². The van der Waals surface area contributed by atoms with Crippen LogP contribution in [0.5, 0.6) is 5.75 Å². The summed E-state index contributed by atoms with van der Waals surface area (Å²) < 4.78 is 18.5. The van der Waals surface area contributed by atoms with Gasteiger partial charge in [0.15, 0.2) is 11.6 Å². The Morgan fingerprint density at radius 1 is 1.48 bits per heavy atom. The average Bonchev–Trinajstić information content (AvgIpc) is 2.87. The van der Waals surface area contributed by atoms with E-state index in [1.165, 1.54) is 12.1 Å². The third-order valence-electron chi connectivity index (χ3n) is 3.07. The summed E-state index contributed by atoms with van der Waals surface area (Å²) in [5, 5.41) is 13.1. The van der Waals surface area contributed by atoms with Crippen LogP contribution in [0.4, 0.5) is 4.39 Å². The highest BCUT2D eigenvalue weighted by atomic mass is 19.1. The maximum absolute atomic E-state index is 13.3. The summed E-state index contributed by atoms with van der Waals surface area (Å²) in [5.74, 6) is -1.47. The predicted octanol–water partition coefficient (Wildman–Crippen LogP) is 3.64. The number of ether oxygens (including phenoxy) is 1. The zero-order chi connectivity index (χ0) is 16.3. The van der Waals surface area contributed by atoms with Gasteiger partial charge in [0.05, 0.1) is 18.7 Å². The Kier molecular flexibility index (Phi) is 6.12. The highest BCUT2D eigenvalue weighted by molar-refractivity contribution is 6.01. The molecule has 0 aromatic heterocycles. The molecule has 1 unspecified atom stereocenters. The minimum atomic E-state index is -0.715. The molecule has 0 fully saturated rings. The summed E-state index contributed by atoms with van der Waals surface area (Å²) in [4.78, 5) is 16.9. The molecule has 0 saturated carbocycles. The van der Waals surface area contributed by atoms with E-state index in [4.69, 9.17) is 9.57 Å². The first-order chi connectivity index (χ1) is 10.2. The summed E-state index contributed by atoms with van der Waals surface area (Å²) in [6.07, 6.45) is 0.0951. The Morgan fingerprint density at radius 3 is 2.78 bits per heavy atom. The molecular formula is C17H24FNO4. The molecule has 0 amide bonds. The number of benzene rings is 1. The number of aromatic hydroxyl groups is 1. The second kappa shape index (κ2) is 7.44. The quantitative estimate of drug-likeness (QED) is 0.858. The maximum Gasteiger partial charge on any atom is 0.309 e. The molecule has 5 nitrogen and oxygen atoms in total. The van der Waals surface area contributed by atoms with Gasteiger partial charge in [-0.05, 0) is 23.6 Å². The van der Waals surface area contributed by atoms with Gasteiger partial charge in [-0.3, -0.25) is 4.79 Å². The highest BCUT2D eigenvalue weighted by Crippen LogP contribution is 2.23. The normalized spacial score (nSPS) is 17.0. The zero-order valence-electron chi connectivity index (χ0n) is 12.9. The zero-order valence-corrected chi connectivity index (χ0v) is 12.9. The molecule has 23 heavy (non-hydrogen) atoms. The van der Waals surface area contributed by atoms with E-state index in [1.807, 2.05) is 20.8 Å². The van der Waals surface area contributed by atoms with Gasteiger partial charge in [-0.25, -0.2) is 4.39 Å². The van der Waals surface area contributed by atoms with Crippen molar-refractivity contribution in [3.8, 4) is 5.75 Å². The van der Waals surface area contributed by atoms with Crippen LogP contribution in [-0.4, -0.2) is 29.5 Å². The van der Waals surface area contributed by atoms with E-state index in [0.717, 1.165) is 0 Å². The molecule has 1 aromatic carbocycles. The van der Waals surface area contributed by atoms with Gasteiger partial charge in [-0.2, -0.15) is 0 Å². The van der Waals surface area contributed by atoms with Crippen molar-refractivity contribution in [2.24, 2.45) is 10.6 Å². The Labute approximate surface area is 136 Å². The van der Waals surface area contributed by atoms with Gasteiger partial charge in [-0.1, -0.05) is 33.4 Å². The van der Waals surface area contributed by atoms with E-state index in [1.54, 1.807) is 6.07 Å². The molecule has 0 radical (unpaired) electrons. The van der Waals surface area contributed by atoms with Crippen molar-refractivity contribution in [1.82, 2.24) is 0 Å². The van der Waals surface area contributed by atoms with E-state index in [-0.39, 0.29) is 25.2 Å². The minimum Gasteiger partial charge on any atom is -0.505 e. The number of carbonyl (C=O) groups excluding carboxylic acids is 1. The Morgan fingerprint density at radius 2 is 2.17 bits per heavy atom. The largest absolute Gasteiger partial charge is 0.505 e. The summed E-state index contributed by atoms with van der Waals surface area (Å²) in [5.41, 5.74) is 0.991. The predicted molar refractivity (Wildman–Crippen MR) is 85.9 cm³/mol. The molecule has 0 bridgehead atoms. The van der Waals surface area contributed by atoms with Crippen molar-refractivity contribution in [2.45, 2.75) is 47.1 Å². The molecule has 1 atom stereocenters. The lowest BCUT2D eigenvalue weighted by Gasteiger charge is -2.18. The smallest absolute Gasteiger partial charge is 0.309 e. The molecule has 0 saturated heterocycles. The van der Waals surface area contributed by atoms with Crippen LogP contribution < -0.4 is 0 Å². The van der Waals surface area contributed by atoms with Crippen LogP contribution >= 0.6 is 0 Å². The lowest BCUT2D eigenvalue weighted by molar-refractivity contribution is -0.149. The van der Waals surface area contributed by atoms with Gasteiger partial charge in [0.25, 0.3) is 0 Å². The molecule has 2 rings (SSSR count). The minimum absolute atomic E-state index is 0. The Bertz CT molecular complexity index is 593. The third kappa shape index (κ3) is 5.54. The SMILES string of the molecule is C.CC(C)(C)COC(=O)CC1CC(c2ccc(O)c(F)c2)=NO1. The second-order valence-electron chi connectivity index (χ2n) is 6.56. The lowest BCUT2D eigenvalue weighted by Crippen LogP contribution is -2.22. The molecule has 0 spiro atoms. The van der Waals surface area contributed by atoms with E-state index < -0.39 is 17.7 Å². The molecule has 1 N–H and O–H groups in total. The molecular weight excluding hydrogens is 301 g/mol. The number of rotatable bonds is 4. The highest BCUT2D eigenvalue weighted by Gasteiger charge is 2.26. The number of phenolic OH excluding ortho intramolecular Hbond substituents is 1. The first-order valence-electron chi connectivity index (χ1n) is 7.12. The van der Waals surface area contributed by atoms with Gasteiger partial charge < -0.3 is 14.7 Å². The fourth-order valence-electron chi connectivity index (χ4n) is 1.94. The van der Waals surface area contributed by atoms with E-state index in [0.29, 0.717) is 24.3 Å². The van der Waals surface area contributed by atoms with Gasteiger partial charge in [-0.15, -0.1) is 0 Å². The van der Waals surface area contributed by atoms with Gasteiger partial charge in [0.2, 0.25) is 0 Å². The summed E-state index contributed by atoms with van der Waals surface area (Å²) >= 11 is 0. The number of oxime groups is 1. The second-order valence-corrected chi connectivity index (χ2v) is 6.56. The number of halogens is 1. The van der Waals surface area contributed by atoms with Crippen LogP contribution in [0, 0.1) is 11.2 Å². The number of carbonyl (C=O) groups is 1. The van der Waals surface area contributed by atoms with Gasteiger partial charge in [0, 0.05) is 12.0 Å². The topological polar surface area (TPSA) is 68.1 Å².